The molecule has 0 amide bonds. The summed E-state index contributed by atoms with van der Waals surface area (Å²) in [6.07, 6.45) is 5.26. The highest BCUT2D eigenvalue weighted by Gasteiger charge is 2.29. The van der Waals surface area contributed by atoms with Crippen LogP contribution in [-0.4, -0.2) is 63.1 Å². The zero-order valence-corrected chi connectivity index (χ0v) is 12.9. The van der Waals surface area contributed by atoms with Gasteiger partial charge < -0.3 is 15.2 Å². The van der Waals surface area contributed by atoms with E-state index in [0.717, 1.165) is 32.2 Å². The number of nitrogens with zero attached hydrogens (tertiary/aromatic N) is 1. The predicted octanol–water partition coefficient (Wildman–Crippen LogP) is 1.34. The van der Waals surface area contributed by atoms with Crippen LogP contribution < -0.4 is 5.32 Å². The van der Waals surface area contributed by atoms with Gasteiger partial charge >= 0.3 is 0 Å². The smallest absolute Gasteiger partial charge is 0.0589 e. The van der Waals surface area contributed by atoms with Crippen molar-refractivity contribution >= 4 is 0 Å². The first-order chi connectivity index (χ1) is 9.24. The molecule has 0 aromatic carbocycles. The van der Waals surface area contributed by atoms with Crippen molar-refractivity contribution < 1.29 is 9.84 Å². The van der Waals surface area contributed by atoms with Crippen LogP contribution >= 0.6 is 0 Å². The summed E-state index contributed by atoms with van der Waals surface area (Å²) in [6, 6.07) is 0.631. The minimum absolute atomic E-state index is 0.234. The lowest BCUT2D eigenvalue weighted by Gasteiger charge is -2.38. The molecule has 0 aliphatic heterocycles. The quantitative estimate of drug-likeness (QED) is 0.665. The molecule has 0 saturated heterocycles. The summed E-state index contributed by atoms with van der Waals surface area (Å²) >= 11 is 0. The third-order valence-corrected chi connectivity index (χ3v) is 4.56. The van der Waals surface area contributed by atoms with Crippen LogP contribution in [0.4, 0.5) is 0 Å². The Bertz CT molecular complexity index is 226. The van der Waals surface area contributed by atoms with Crippen LogP contribution in [0.3, 0.4) is 0 Å². The maximum absolute atomic E-state index is 9.19. The molecule has 4 nitrogen and oxygen atoms in total. The third kappa shape index (κ3) is 5.78. The monoisotopic (exact) mass is 272 g/mol. The Morgan fingerprint density at radius 3 is 2.68 bits per heavy atom. The van der Waals surface area contributed by atoms with Gasteiger partial charge in [-0.05, 0) is 38.1 Å². The first kappa shape index (κ1) is 16.9. The number of methoxy groups -OCH3 is 1. The fourth-order valence-corrected chi connectivity index (χ4v) is 3.30. The van der Waals surface area contributed by atoms with E-state index in [1.54, 1.807) is 7.11 Å². The minimum Gasteiger partial charge on any atom is -0.395 e. The molecular weight excluding hydrogens is 240 g/mol. The first-order valence-corrected chi connectivity index (χ1v) is 7.74. The topological polar surface area (TPSA) is 44.7 Å². The molecule has 0 bridgehead atoms. The predicted molar refractivity (Wildman–Crippen MR) is 79.4 cm³/mol. The van der Waals surface area contributed by atoms with Crippen LogP contribution in [0, 0.1) is 11.8 Å². The normalized spacial score (nSPS) is 27.9. The number of ether oxygens (including phenoxy) is 1. The zero-order valence-electron chi connectivity index (χ0n) is 12.9. The SMILES string of the molecule is CCC1CCC(NC)C(CN(CCO)CCOC)C1. The molecule has 0 aromatic rings. The third-order valence-electron chi connectivity index (χ3n) is 4.56. The van der Waals surface area contributed by atoms with Crippen LogP contribution in [0.15, 0.2) is 0 Å². The average molecular weight is 272 g/mol. The standard InChI is InChI=1S/C15H32N2O2/c1-4-13-5-6-15(16-2)14(11-13)12-17(7-9-18)8-10-19-3/h13-16,18H,4-12H2,1-3H3. The molecule has 1 saturated carbocycles. The summed E-state index contributed by atoms with van der Waals surface area (Å²) in [6.45, 7) is 6.03. The van der Waals surface area contributed by atoms with Gasteiger partial charge in [0.2, 0.25) is 0 Å². The second kappa shape index (κ2) is 9.70. The van der Waals surface area contributed by atoms with Crippen molar-refractivity contribution in [3.63, 3.8) is 0 Å². The fraction of sp³-hybridized carbons (Fsp3) is 1.00. The van der Waals surface area contributed by atoms with Crippen LogP contribution in [0.2, 0.25) is 0 Å². The highest BCUT2D eigenvalue weighted by Crippen LogP contribution is 2.31. The van der Waals surface area contributed by atoms with Crippen molar-refractivity contribution in [2.24, 2.45) is 11.8 Å². The van der Waals surface area contributed by atoms with Gasteiger partial charge in [-0.1, -0.05) is 13.3 Å². The average Bonchev–Trinajstić information content (AvgIpc) is 2.44. The molecule has 3 atom stereocenters. The molecule has 0 radical (unpaired) electrons. The Morgan fingerprint density at radius 2 is 2.11 bits per heavy atom. The van der Waals surface area contributed by atoms with Crippen LogP contribution in [0.25, 0.3) is 0 Å². The summed E-state index contributed by atoms with van der Waals surface area (Å²) in [4.78, 5) is 2.34. The van der Waals surface area contributed by atoms with Crippen molar-refractivity contribution in [3.05, 3.63) is 0 Å². The van der Waals surface area contributed by atoms with E-state index < -0.39 is 0 Å². The van der Waals surface area contributed by atoms with Gasteiger partial charge in [0.1, 0.15) is 0 Å². The molecule has 1 rings (SSSR count). The molecule has 1 aliphatic carbocycles. The summed E-state index contributed by atoms with van der Waals surface area (Å²) in [5, 5.41) is 12.7. The zero-order chi connectivity index (χ0) is 14.1. The van der Waals surface area contributed by atoms with E-state index in [1.165, 1.54) is 25.7 Å². The van der Waals surface area contributed by atoms with Crippen LogP contribution in [-0.2, 0) is 4.74 Å². The molecule has 1 aliphatic rings. The van der Waals surface area contributed by atoms with E-state index in [2.05, 4.69) is 24.2 Å². The van der Waals surface area contributed by atoms with Gasteiger partial charge in [-0.15, -0.1) is 0 Å². The van der Waals surface area contributed by atoms with Gasteiger partial charge in [-0.3, -0.25) is 4.90 Å². The van der Waals surface area contributed by atoms with Crippen LogP contribution in [0.5, 0.6) is 0 Å². The fourth-order valence-electron chi connectivity index (χ4n) is 3.30. The largest absolute Gasteiger partial charge is 0.395 e. The molecular formula is C15H32N2O2. The lowest BCUT2D eigenvalue weighted by atomic mass is 9.76. The van der Waals surface area contributed by atoms with Gasteiger partial charge in [0.25, 0.3) is 0 Å². The Kier molecular flexibility index (Phi) is 8.62. The highest BCUT2D eigenvalue weighted by molar-refractivity contribution is 4.85. The molecule has 19 heavy (non-hydrogen) atoms. The molecule has 2 N–H and O–H groups in total. The maximum Gasteiger partial charge on any atom is 0.0589 e. The molecule has 0 aromatic heterocycles. The lowest BCUT2D eigenvalue weighted by molar-refractivity contribution is 0.0942. The second-order valence-electron chi connectivity index (χ2n) is 5.76. The minimum atomic E-state index is 0.234. The molecule has 114 valence electrons. The van der Waals surface area contributed by atoms with Gasteiger partial charge in [0, 0.05) is 32.8 Å². The van der Waals surface area contributed by atoms with E-state index in [0.29, 0.717) is 12.0 Å². The van der Waals surface area contributed by atoms with Crippen molar-refractivity contribution in [2.75, 3.05) is 47.0 Å². The Balaban J connectivity index is 2.51. The second-order valence-corrected chi connectivity index (χ2v) is 5.76. The number of aliphatic hydroxyl groups excluding tert-OH is 1. The van der Waals surface area contributed by atoms with Gasteiger partial charge in [0.05, 0.1) is 13.2 Å². The van der Waals surface area contributed by atoms with Crippen molar-refractivity contribution in [2.45, 2.75) is 38.6 Å². The van der Waals surface area contributed by atoms with E-state index in [1.807, 2.05) is 0 Å². The van der Waals surface area contributed by atoms with E-state index in [9.17, 15) is 5.11 Å². The Morgan fingerprint density at radius 1 is 1.32 bits per heavy atom. The Labute approximate surface area is 118 Å². The molecule has 0 heterocycles. The first-order valence-electron chi connectivity index (χ1n) is 7.74. The van der Waals surface area contributed by atoms with Gasteiger partial charge in [0.15, 0.2) is 0 Å². The number of hydrogen-bond acceptors (Lipinski definition) is 4. The summed E-state index contributed by atoms with van der Waals surface area (Å²) in [5.41, 5.74) is 0. The highest BCUT2D eigenvalue weighted by atomic mass is 16.5. The lowest BCUT2D eigenvalue weighted by Crippen LogP contribution is -2.45. The van der Waals surface area contributed by atoms with Crippen molar-refractivity contribution in [1.82, 2.24) is 10.2 Å². The number of rotatable bonds is 9. The van der Waals surface area contributed by atoms with E-state index in [4.69, 9.17) is 4.74 Å². The summed E-state index contributed by atoms with van der Waals surface area (Å²) in [7, 11) is 3.82. The Hall–Kier alpha value is -0.160. The molecule has 0 spiro atoms. The molecule has 1 fully saturated rings. The van der Waals surface area contributed by atoms with Gasteiger partial charge in [-0.25, -0.2) is 0 Å². The number of aliphatic hydroxyl groups is 1. The van der Waals surface area contributed by atoms with Crippen molar-refractivity contribution in [3.8, 4) is 0 Å². The van der Waals surface area contributed by atoms with E-state index in [-0.39, 0.29) is 6.61 Å². The van der Waals surface area contributed by atoms with Crippen molar-refractivity contribution in [1.29, 1.82) is 0 Å². The molecule has 3 unspecified atom stereocenters. The maximum atomic E-state index is 9.19. The number of hydrogen-bond donors (Lipinski definition) is 2. The van der Waals surface area contributed by atoms with E-state index >= 15 is 0 Å². The summed E-state index contributed by atoms with van der Waals surface area (Å²) in [5.74, 6) is 1.58. The molecule has 4 heteroatoms. The van der Waals surface area contributed by atoms with Crippen LogP contribution in [0.1, 0.15) is 32.6 Å². The number of nitrogens with one attached hydrogen (secondary N) is 1. The summed E-state index contributed by atoms with van der Waals surface area (Å²) < 4.78 is 5.16. The van der Waals surface area contributed by atoms with Gasteiger partial charge in [-0.2, -0.15) is 0 Å².